The lowest BCUT2D eigenvalue weighted by Crippen LogP contribution is -2.69. The van der Waals surface area contributed by atoms with E-state index in [9.17, 15) is 24.3 Å². The second-order valence-electron chi connectivity index (χ2n) is 7.90. The van der Waals surface area contributed by atoms with Crippen LogP contribution in [0.2, 0.25) is 0 Å². The Labute approximate surface area is 195 Å². The van der Waals surface area contributed by atoms with E-state index in [4.69, 9.17) is 5.73 Å². The van der Waals surface area contributed by atoms with E-state index in [0.29, 0.717) is 33.5 Å². The Balaban J connectivity index is 1.36. The molecule has 0 spiro atoms. The van der Waals surface area contributed by atoms with Crippen molar-refractivity contribution >= 4 is 52.6 Å². The number of nitrogens with one attached hydrogen (secondary N) is 1. The number of hydrogen-bond donors (Lipinski definition) is 3. The SMILES string of the molecule is Cc1nnc(SC2=C(C(=O)O)N3C(=O)[C@@H]4[C@H]3[C@H](C2)CN4C(=O)Nc2ccc(C(N)=O)cc2)s1. The highest BCUT2D eigenvalue weighted by Crippen LogP contribution is 2.50. The van der Waals surface area contributed by atoms with Crippen molar-refractivity contribution in [2.24, 2.45) is 11.7 Å². The molecule has 0 radical (unpaired) electrons. The van der Waals surface area contributed by atoms with Crippen LogP contribution in [0.1, 0.15) is 21.8 Å². The molecule has 170 valence electrons. The number of allylic oxidation sites excluding steroid dienone is 1. The van der Waals surface area contributed by atoms with Crippen molar-refractivity contribution in [2.45, 2.75) is 29.8 Å². The number of likely N-dealkylation sites (tertiary alicyclic amines) is 1. The number of nitrogens with two attached hydrogens (primary N) is 1. The van der Waals surface area contributed by atoms with Crippen LogP contribution in [0.3, 0.4) is 0 Å². The number of anilines is 1. The fourth-order valence-corrected chi connectivity index (χ4v) is 6.65. The topological polar surface area (TPSA) is 159 Å². The number of nitrogens with zero attached hydrogens (tertiary/aromatic N) is 4. The van der Waals surface area contributed by atoms with Gasteiger partial charge in [-0.15, -0.1) is 10.2 Å². The number of carboxylic acid groups (broad SMARTS) is 1. The van der Waals surface area contributed by atoms with Gasteiger partial charge >= 0.3 is 12.0 Å². The second-order valence-corrected chi connectivity index (χ2v) is 10.4. The predicted molar refractivity (Wildman–Crippen MR) is 118 cm³/mol. The number of carbonyl (C=O) groups is 4. The summed E-state index contributed by atoms with van der Waals surface area (Å²) in [4.78, 5) is 52.5. The molecule has 4 heterocycles. The molecule has 33 heavy (non-hydrogen) atoms. The molecular formula is C20H18N6O5S2. The lowest BCUT2D eigenvalue weighted by molar-refractivity contribution is -0.155. The summed E-state index contributed by atoms with van der Waals surface area (Å²) in [5.41, 5.74) is 5.96. The Morgan fingerprint density at radius 2 is 1.97 bits per heavy atom. The molecular weight excluding hydrogens is 468 g/mol. The first-order valence-electron chi connectivity index (χ1n) is 9.99. The monoisotopic (exact) mass is 486 g/mol. The van der Waals surface area contributed by atoms with Crippen molar-refractivity contribution in [3.05, 3.63) is 45.4 Å². The summed E-state index contributed by atoms with van der Waals surface area (Å²) in [6, 6.07) is 4.58. The Hall–Kier alpha value is -3.45. The standard InChI is InChI=1S/C20H18N6O5S2/c1-8-23-24-20(32-8)33-12-6-10-7-25(15-13(10)26(17(15)28)14(12)18(29)30)19(31)22-11-4-2-9(3-5-11)16(21)27/h2-5,10,13,15H,6-7H2,1H3,(H2,21,27)(H,22,31)(H,29,30)/t10-,13-,15+/m1/s1. The molecule has 2 fully saturated rings. The molecule has 2 saturated heterocycles. The molecule has 11 nitrogen and oxygen atoms in total. The average molecular weight is 487 g/mol. The number of amides is 4. The minimum atomic E-state index is -1.18. The lowest BCUT2D eigenvalue weighted by Gasteiger charge is -2.49. The summed E-state index contributed by atoms with van der Waals surface area (Å²) in [5, 5.41) is 21.3. The number of carbonyl (C=O) groups excluding carboxylic acids is 3. The molecule has 0 saturated carbocycles. The van der Waals surface area contributed by atoms with Crippen molar-refractivity contribution < 1.29 is 24.3 Å². The number of thioether (sulfide) groups is 1. The lowest BCUT2D eigenvalue weighted by atomic mass is 9.82. The zero-order chi connectivity index (χ0) is 23.4. The van der Waals surface area contributed by atoms with Crippen LogP contribution in [0.15, 0.2) is 39.2 Å². The largest absolute Gasteiger partial charge is 0.477 e. The van der Waals surface area contributed by atoms with Crippen molar-refractivity contribution in [3.63, 3.8) is 0 Å². The zero-order valence-electron chi connectivity index (χ0n) is 17.2. The molecule has 3 atom stereocenters. The van der Waals surface area contributed by atoms with Gasteiger partial charge in [0.2, 0.25) is 5.91 Å². The number of carboxylic acids is 1. The summed E-state index contributed by atoms with van der Waals surface area (Å²) in [6.45, 7) is 2.12. The highest BCUT2D eigenvalue weighted by Gasteiger charge is 2.64. The van der Waals surface area contributed by atoms with Crippen LogP contribution in [0.4, 0.5) is 10.5 Å². The van der Waals surface area contributed by atoms with Gasteiger partial charge in [-0.1, -0.05) is 23.1 Å². The minimum absolute atomic E-state index is 0.0420. The van der Waals surface area contributed by atoms with Crippen LogP contribution in [-0.2, 0) is 9.59 Å². The van der Waals surface area contributed by atoms with Crippen molar-refractivity contribution in [2.75, 3.05) is 11.9 Å². The molecule has 0 aliphatic carbocycles. The van der Waals surface area contributed by atoms with Gasteiger partial charge in [0, 0.05) is 28.6 Å². The fraction of sp³-hybridized carbons (Fsp3) is 0.300. The van der Waals surface area contributed by atoms with Gasteiger partial charge in [-0.3, -0.25) is 14.5 Å². The highest BCUT2D eigenvalue weighted by molar-refractivity contribution is 8.04. The number of rotatable bonds is 5. The van der Waals surface area contributed by atoms with Gasteiger partial charge in [0.15, 0.2) is 4.34 Å². The van der Waals surface area contributed by atoms with E-state index in [2.05, 4.69) is 15.5 Å². The van der Waals surface area contributed by atoms with Crippen molar-refractivity contribution in [1.29, 1.82) is 0 Å². The fourth-order valence-electron chi connectivity index (χ4n) is 4.53. The van der Waals surface area contributed by atoms with Crippen LogP contribution in [0.25, 0.3) is 0 Å². The molecule has 13 heteroatoms. The van der Waals surface area contributed by atoms with Crippen LogP contribution < -0.4 is 11.1 Å². The van der Waals surface area contributed by atoms with Gasteiger partial charge in [0.1, 0.15) is 16.7 Å². The number of hydrogen-bond acceptors (Lipinski definition) is 8. The van der Waals surface area contributed by atoms with E-state index in [1.807, 2.05) is 6.92 Å². The molecule has 1 aromatic carbocycles. The first-order valence-corrected chi connectivity index (χ1v) is 11.6. The van der Waals surface area contributed by atoms with Crippen LogP contribution in [0.5, 0.6) is 0 Å². The average Bonchev–Trinajstić information content (AvgIpc) is 3.34. The van der Waals surface area contributed by atoms with E-state index in [0.717, 1.165) is 5.01 Å². The third-order valence-electron chi connectivity index (χ3n) is 5.92. The minimum Gasteiger partial charge on any atom is -0.477 e. The first kappa shape index (κ1) is 21.4. The number of aryl methyl sites for hydroxylation is 1. The molecule has 3 aliphatic rings. The molecule has 1 aromatic heterocycles. The number of urea groups is 1. The number of primary amides is 1. The van der Waals surface area contributed by atoms with Gasteiger partial charge in [-0.05, 0) is 37.6 Å². The smallest absolute Gasteiger partial charge is 0.353 e. The van der Waals surface area contributed by atoms with E-state index >= 15 is 0 Å². The summed E-state index contributed by atoms with van der Waals surface area (Å²) < 4.78 is 0.608. The summed E-state index contributed by atoms with van der Waals surface area (Å²) in [5.74, 6) is -2.25. The highest BCUT2D eigenvalue weighted by atomic mass is 32.2. The Bertz CT molecular complexity index is 1230. The number of β-lactam (4-membered cyclic amide) rings is 1. The third kappa shape index (κ3) is 3.53. The molecule has 4 amide bonds. The van der Waals surface area contributed by atoms with Gasteiger partial charge < -0.3 is 21.1 Å². The number of benzene rings is 1. The van der Waals surface area contributed by atoms with E-state index < -0.39 is 29.9 Å². The molecule has 0 unspecified atom stereocenters. The third-order valence-corrected chi connectivity index (χ3v) is 7.91. The van der Waals surface area contributed by atoms with Crippen molar-refractivity contribution in [3.8, 4) is 0 Å². The van der Waals surface area contributed by atoms with Gasteiger partial charge in [-0.25, -0.2) is 9.59 Å². The molecule has 3 aliphatic heterocycles. The number of aliphatic carboxylic acids is 1. The molecule has 0 bridgehead atoms. The van der Waals surface area contributed by atoms with Crippen LogP contribution in [0, 0.1) is 12.8 Å². The van der Waals surface area contributed by atoms with Crippen LogP contribution in [-0.4, -0.2) is 67.5 Å². The Morgan fingerprint density at radius 3 is 2.58 bits per heavy atom. The quantitative estimate of drug-likeness (QED) is 0.536. The van der Waals surface area contributed by atoms with Crippen molar-refractivity contribution in [1.82, 2.24) is 20.0 Å². The molecule has 5 rings (SSSR count). The van der Waals surface area contributed by atoms with Gasteiger partial charge in [-0.2, -0.15) is 0 Å². The van der Waals surface area contributed by atoms with Gasteiger partial charge in [0.05, 0.1) is 6.04 Å². The maximum absolute atomic E-state index is 13.0. The van der Waals surface area contributed by atoms with Gasteiger partial charge in [0.25, 0.3) is 5.91 Å². The Morgan fingerprint density at radius 1 is 1.24 bits per heavy atom. The zero-order valence-corrected chi connectivity index (χ0v) is 18.9. The maximum Gasteiger partial charge on any atom is 0.353 e. The summed E-state index contributed by atoms with van der Waals surface area (Å²) in [6.07, 6.45) is 0.424. The molecule has 4 N–H and O–H groups in total. The molecule has 2 aromatic rings. The summed E-state index contributed by atoms with van der Waals surface area (Å²) in [7, 11) is 0. The maximum atomic E-state index is 13.0. The Kier molecular flexibility index (Phi) is 5.09. The first-order chi connectivity index (χ1) is 15.7. The predicted octanol–water partition coefficient (Wildman–Crippen LogP) is 1.48. The van der Waals surface area contributed by atoms with E-state index in [1.54, 1.807) is 12.1 Å². The number of aromatic nitrogens is 2. The normalized spacial score (nSPS) is 23.3. The van der Waals surface area contributed by atoms with Crippen LogP contribution >= 0.6 is 23.1 Å². The van der Waals surface area contributed by atoms with E-state index in [-0.39, 0.29) is 17.7 Å². The van der Waals surface area contributed by atoms with E-state index in [1.165, 1.54) is 45.0 Å². The second kappa shape index (κ2) is 7.85. The summed E-state index contributed by atoms with van der Waals surface area (Å²) >= 11 is 2.56.